The molecule has 3 heterocycles. The molecule has 7 heteroatoms. The van der Waals surface area contributed by atoms with Crippen molar-refractivity contribution in [3.63, 3.8) is 0 Å². The van der Waals surface area contributed by atoms with Crippen LogP contribution in [0.15, 0.2) is 31.0 Å². The van der Waals surface area contributed by atoms with E-state index < -0.39 is 5.54 Å². The van der Waals surface area contributed by atoms with Gasteiger partial charge in [-0.1, -0.05) is 20.4 Å². The zero-order chi connectivity index (χ0) is 26.2. The number of aromatic nitrogens is 2. The average molecular weight is 493 g/mol. The SMILES string of the molecule is C=C(/C=C\N(C)C)c1nc(C(=O)N2CCOCC2(C)C)c2n1-c1cc(CC(C)C)c(OC)cc1CC2. The van der Waals surface area contributed by atoms with E-state index in [9.17, 15) is 4.79 Å². The van der Waals surface area contributed by atoms with Crippen molar-refractivity contribution in [2.45, 2.75) is 52.5 Å². The monoisotopic (exact) mass is 492 g/mol. The molecule has 7 nitrogen and oxygen atoms in total. The first-order valence-electron chi connectivity index (χ1n) is 12.8. The summed E-state index contributed by atoms with van der Waals surface area (Å²) in [7, 11) is 5.68. The predicted molar refractivity (Wildman–Crippen MR) is 144 cm³/mol. The molecule has 194 valence electrons. The number of methoxy groups -OCH3 is 1. The molecule has 36 heavy (non-hydrogen) atoms. The molecule has 0 radical (unpaired) electrons. The van der Waals surface area contributed by atoms with Crippen molar-refractivity contribution < 1.29 is 14.3 Å². The van der Waals surface area contributed by atoms with E-state index in [1.54, 1.807) is 7.11 Å². The standard InChI is InChI=1S/C29H40N4O3/c1-19(2)15-22-16-24-21(17-25(22)35-8)9-10-23-26(28(34)32-13-14-36-18-29(32,4)5)30-27(33(23)24)20(3)11-12-31(6)7/h11-12,16-17,19H,3,9-10,13-15,18H2,1-2,4-8H3/b12-11-. The van der Waals surface area contributed by atoms with Crippen molar-refractivity contribution in [2.24, 2.45) is 5.92 Å². The lowest BCUT2D eigenvalue weighted by molar-refractivity contribution is -0.0373. The van der Waals surface area contributed by atoms with E-state index in [2.05, 4.69) is 37.1 Å². The average Bonchev–Trinajstić information content (AvgIpc) is 3.21. The number of amides is 1. The molecule has 1 fully saturated rings. The van der Waals surface area contributed by atoms with Gasteiger partial charge in [-0.05, 0) is 74.6 Å². The Hall–Kier alpha value is -3.06. The molecule has 0 N–H and O–H groups in total. The van der Waals surface area contributed by atoms with Gasteiger partial charge in [-0.25, -0.2) is 4.98 Å². The number of rotatable bonds is 7. The molecule has 0 atom stereocenters. The van der Waals surface area contributed by atoms with Crippen LogP contribution in [-0.2, 0) is 24.0 Å². The van der Waals surface area contributed by atoms with Gasteiger partial charge in [0.05, 0.1) is 37.2 Å². The molecular weight excluding hydrogens is 452 g/mol. The molecule has 0 aliphatic carbocycles. The Labute approximate surface area is 215 Å². The van der Waals surface area contributed by atoms with Crippen LogP contribution in [0.4, 0.5) is 0 Å². The lowest BCUT2D eigenvalue weighted by atomic mass is 9.94. The van der Waals surface area contributed by atoms with E-state index in [-0.39, 0.29) is 5.91 Å². The largest absolute Gasteiger partial charge is 0.496 e. The predicted octanol–water partition coefficient (Wildman–Crippen LogP) is 4.52. The smallest absolute Gasteiger partial charge is 0.274 e. The van der Waals surface area contributed by atoms with E-state index in [0.717, 1.165) is 47.5 Å². The van der Waals surface area contributed by atoms with Crippen LogP contribution in [0.3, 0.4) is 0 Å². The van der Waals surface area contributed by atoms with E-state index in [1.165, 1.54) is 5.56 Å². The van der Waals surface area contributed by atoms with Crippen LogP contribution in [0.5, 0.6) is 5.75 Å². The highest BCUT2D eigenvalue weighted by molar-refractivity contribution is 5.95. The number of fused-ring (bicyclic) bond motifs is 3. The van der Waals surface area contributed by atoms with E-state index in [0.29, 0.717) is 37.2 Å². The summed E-state index contributed by atoms with van der Waals surface area (Å²) in [5.74, 6) is 2.08. The highest BCUT2D eigenvalue weighted by Crippen LogP contribution is 2.37. The Kier molecular flexibility index (Phi) is 7.32. The highest BCUT2D eigenvalue weighted by atomic mass is 16.5. The zero-order valence-electron chi connectivity index (χ0n) is 22.9. The van der Waals surface area contributed by atoms with Crippen molar-refractivity contribution in [1.82, 2.24) is 19.4 Å². The first-order valence-corrected chi connectivity index (χ1v) is 12.8. The number of hydrogen-bond acceptors (Lipinski definition) is 5. The number of ether oxygens (including phenoxy) is 2. The third-order valence-corrected chi connectivity index (χ3v) is 6.91. The minimum atomic E-state index is -0.391. The lowest BCUT2D eigenvalue weighted by Crippen LogP contribution is -2.55. The molecule has 0 bridgehead atoms. The number of imidazole rings is 1. The molecule has 1 saturated heterocycles. The fourth-order valence-electron chi connectivity index (χ4n) is 5.11. The van der Waals surface area contributed by atoms with Crippen LogP contribution in [0, 0.1) is 5.92 Å². The van der Waals surface area contributed by atoms with Gasteiger partial charge in [-0.3, -0.25) is 9.36 Å². The summed E-state index contributed by atoms with van der Waals surface area (Å²) in [5, 5.41) is 0. The van der Waals surface area contributed by atoms with Gasteiger partial charge in [-0.15, -0.1) is 0 Å². The quantitative estimate of drug-likeness (QED) is 0.532. The number of nitrogens with zero attached hydrogens (tertiary/aromatic N) is 4. The molecule has 2 aliphatic heterocycles. The number of benzene rings is 1. The molecule has 2 aromatic rings. The van der Waals surface area contributed by atoms with Crippen LogP contribution < -0.4 is 4.74 Å². The minimum Gasteiger partial charge on any atom is -0.496 e. The summed E-state index contributed by atoms with van der Waals surface area (Å²) in [4.78, 5) is 22.8. The number of aryl methyl sites for hydroxylation is 1. The van der Waals surface area contributed by atoms with Crippen molar-refractivity contribution >= 4 is 11.5 Å². The van der Waals surface area contributed by atoms with Crippen molar-refractivity contribution in [3.05, 3.63) is 59.3 Å². The molecule has 2 aliphatic rings. The molecule has 0 unspecified atom stereocenters. The van der Waals surface area contributed by atoms with Crippen molar-refractivity contribution in [3.8, 4) is 11.4 Å². The maximum atomic E-state index is 13.9. The molecule has 4 rings (SSSR count). The number of morpholine rings is 1. The van der Waals surface area contributed by atoms with Gasteiger partial charge in [0.1, 0.15) is 11.6 Å². The number of carbonyl (C=O) groups is 1. The lowest BCUT2D eigenvalue weighted by Gasteiger charge is -2.41. The van der Waals surface area contributed by atoms with E-state index in [1.807, 2.05) is 50.0 Å². The Morgan fingerprint density at radius 2 is 2.06 bits per heavy atom. The van der Waals surface area contributed by atoms with Crippen molar-refractivity contribution in [1.29, 1.82) is 0 Å². The number of carbonyl (C=O) groups excluding carboxylic acids is 1. The first-order chi connectivity index (χ1) is 17.0. The normalized spacial score (nSPS) is 16.7. The maximum Gasteiger partial charge on any atom is 0.274 e. The van der Waals surface area contributed by atoms with Gasteiger partial charge in [0.15, 0.2) is 5.69 Å². The van der Waals surface area contributed by atoms with Gasteiger partial charge < -0.3 is 19.3 Å². The van der Waals surface area contributed by atoms with Crippen LogP contribution in [0.1, 0.15) is 60.8 Å². The van der Waals surface area contributed by atoms with E-state index in [4.69, 9.17) is 14.5 Å². The van der Waals surface area contributed by atoms with Gasteiger partial charge in [-0.2, -0.15) is 0 Å². The Morgan fingerprint density at radius 3 is 2.69 bits per heavy atom. The summed E-state index contributed by atoms with van der Waals surface area (Å²) in [6.45, 7) is 14.5. The summed E-state index contributed by atoms with van der Waals surface area (Å²) < 4.78 is 13.6. The van der Waals surface area contributed by atoms with Crippen LogP contribution in [-0.4, -0.2) is 71.8 Å². The first kappa shape index (κ1) is 26.0. The van der Waals surface area contributed by atoms with Gasteiger partial charge >= 0.3 is 0 Å². The third-order valence-electron chi connectivity index (χ3n) is 6.91. The van der Waals surface area contributed by atoms with Gasteiger partial charge in [0.2, 0.25) is 0 Å². The van der Waals surface area contributed by atoms with Crippen LogP contribution >= 0.6 is 0 Å². The zero-order valence-corrected chi connectivity index (χ0v) is 22.9. The second kappa shape index (κ2) is 10.1. The molecule has 0 saturated carbocycles. The maximum absolute atomic E-state index is 13.9. The Morgan fingerprint density at radius 1 is 1.31 bits per heavy atom. The molecule has 1 amide bonds. The second-order valence-electron chi connectivity index (χ2n) is 11.1. The summed E-state index contributed by atoms with van der Waals surface area (Å²) in [5.41, 5.74) is 5.26. The minimum absolute atomic E-state index is 0.0398. The van der Waals surface area contributed by atoms with Gasteiger partial charge in [0.25, 0.3) is 5.91 Å². The Balaban J connectivity index is 1.89. The number of allylic oxidation sites excluding steroid dienone is 2. The highest BCUT2D eigenvalue weighted by Gasteiger charge is 2.38. The summed E-state index contributed by atoms with van der Waals surface area (Å²) in [6.07, 6.45) is 6.37. The van der Waals surface area contributed by atoms with E-state index >= 15 is 0 Å². The fraction of sp³-hybridized carbons (Fsp3) is 0.517. The Bertz CT molecular complexity index is 1190. The molecule has 1 aromatic carbocycles. The summed E-state index contributed by atoms with van der Waals surface area (Å²) in [6, 6.07) is 4.38. The molecule has 0 spiro atoms. The molecule has 1 aromatic heterocycles. The van der Waals surface area contributed by atoms with Crippen LogP contribution in [0.25, 0.3) is 11.3 Å². The number of hydrogen-bond donors (Lipinski definition) is 0. The summed E-state index contributed by atoms with van der Waals surface area (Å²) >= 11 is 0. The third kappa shape index (κ3) is 4.94. The second-order valence-corrected chi connectivity index (χ2v) is 11.1. The van der Waals surface area contributed by atoms with Gasteiger partial charge in [0, 0.05) is 26.2 Å². The van der Waals surface area contributed by atoms with Crippen LogP contribution in [0.2, 0.25) is 0 Å². The van der Waals surface area contributed by atoms with Crippen molar-refractivity contribution in [2.75, 3.05) is 41.0 Å². The molecular formula is C29H40N4O3. The fourth-order valence-corrected chi connectivity index (χ4v) is 5.11. The topological polar surface area (TPSA) is 59.8 Å².